The lowest BCUT2D eigenvalue weighted by molar-refractivity contribution is -0.137. The maximum atomic E-state index is 13.2. The van der Waals surface area contributed by atoms with Gasteiger partial charge in [0.05, 0.1) is 22.7 Å². The van der Waals surface area contributed by atoms with Crippen molar-refractivity contribution in [3.63, 3.8) is 0 Å². The van der Waals surface area contributed by atoms with Gasteiger partial charge in [-0.05, 0) is 51.1 Å². The number of carbonyl (C=O) groups excluding carboxylic acids is 2. The zero-order chi connectivity index (χ0) is 25.1. The number of thioether (sulfide) groups is 1. The molecule has 2 amide bonds. The highest BCUT2D eigenvalue weighted by molar-refractivity contribution is 7.98. The molecular weight excluding hydrogens is 473 g/mol. The van der Waals surface area contributed by atoms with Gasteiger partial charge in [-0.15, -0.1) is 0 Å². The van der Waals surface area contributed by atoms with E-state index in [1.54, 1.807) is 39.2 Å². The van der Waals surface area contributed by atoms with Crippen LogP contribution >= 0.6 is 11.8 Å². The van der Waals surface area contributed by atoms with E-state index < -0.39 is 29.3 Å². The van der Waals surface area contributed by atoms with Crippen LogP contribution in [-0.4, -0.2) is 27.2 Å². The first-order valence-electron chi connectivity index (χ1n) is 10.0. The van der Waals surface area contributed by atoms with E-state index in [0.29, 0.717) is 11.5 Å². The molecule has 0 bridgehead atoms. The number of imidazole rings is 1. The van der Waals surface area contributed by atoms with Gasteiger partial charge in [0.2, 0.25) is 0 Å². The molecule has 0 aliphatic heterocycles. The van der Waals surface area contributed by atoms with Crippen molar-refractivity contribution in [2.75, 3.05) is 10.6 Å². The Morgan fingerprint density at radius 2 is 1.85 bits per heavy atom. The van der Waals surface area contributed by atoms with Crippen molar-refractivity contribution in [3.05, 3.63) is 59.8 Å². The van der Waals surface area contributed by atoms with Crippen LogP contribution in [-0.2, 0) is 23.7 Å². The van der Waals surface area contributed by atoms with Crippen molar-refractivity contribution in [2.45, 2.75) is 43.5 Å². The van der Waals surface area contributed by atoms with Gasteiger partial charge in [0.15, 0.2) is 10.9 Å². The van der Waals surface area contributed by atoms with Gasteiger partial charge in [0, 0.05) is 19.4 Å². The van der Waals surface area contributed by atoms with Crippen LogP contribution < -0.4 is 10.6 Å². The molecule has 3 aromatic rings. The first-order chi connectivity index (χ1) is 15.8. The summed E-state index contributed by atoms with van der Waals surface area (Å²) >= 11 is 1.39. The Bertz CT molecular complexity index is 1180. The molecule has 34 heavy (non-hydrogen) atoms. The molecule has 0 radical (unpaired) electrons. The smallest absolute Gasteiger partial charge is 0.416 e. The fraction of sp³-hybridized carbons (Fsp3) is 0.318. The second-order valence-corrected chi connectivity index (χ2v) is 9.16. The van der Waals surface area contributed by atoms with Gasteiger partial charge < -0.3 is 19.0 Å². The van der Waals surface area contributed by atoms with Crippen molar-refractivity contribution in [3.8, 4) is 0 Å². The highest BCUT2D eigenvalue weighted by Gasteiger charge is 2.31. The summed E-state index contributed by atoms with van der Waals surface area (Å²) in [7, 11) is 1.84. The standard InChI is InChI=1S/C22H23F3N4O4S/c1-21(2,3)33-20(31)28-15-7-5-13(22(23,24)25)11-16(15)27-18(30)17-8-6-14(32-17)12-34-19-26-9-10-29(19)4/h5-11H,12H2,1-4H3,(H,27,30)(H,28,31). The maximum absolute atomic E-state index is 13.2. The van der Waals surface area contributed by atoms with E-state index >= 15 is 0 Å². The van der Waals surface area contributed by atoms with Crippen LogP contribution in [0.1, 0.15) is 42.6 Å². The van der Waals surface area contributed by atoms with Crippen LogP contribution in [0.2, 0.25) is 0 Å². The summed E-state index contributed by atoms with van der Waals surface area (Å²) in [6.45, 7) is 4.92. The lowest BCUT2D eigenvalue weighted by Crippen LogP contribution is -2.27. The van der Waals surface area contributed by atoms with Crippen LogP contribution in [0.15, 0.2) is 52.3 Å². The Hall–Kier alpha value is -3.41. The number of hydrogen-bond donors (Lipinski definition) is 2. The van der Waals surface area contributed by atoms with Gasteiger partial charge >= 0.3 is 12.3 Å². The quantitative estimate of drug-likeness (QED) is 0.411. The summed E-state index contributed by atoms with van der Waals surface area (Å²) in [4.78, 5) is 29.0. The van der Waals surface area contributed by atoms with Crippen molar-refractivity contribution in [2.24, 2.45) is 7.05 Å². The Kier molecular flexibility index (Phi) is 7.29. The first kappa shape index (κ1) is 25.2. The van der Waals surface area contributed by atoms with Crippen molar-refractivity contribution in [1.29, 1.82) is 0 Å². The Morgan fingerprint density at radius 3 is 2.47 bits per heavy atom. The number of aryl methyl sites for hydroxylation is 1. The number of nitrogens with one attached hydrogen (secondary N) is 2. The van der Waals surface area contributed by atoms with Gasteiger partial charge in [-0.3, -0.25) is 10.1 Å². The van der Waals surface area contributed by atoms with E-state index in [2.05, 4.69) is 15.6 Å². The van der Waals surface area contributed by atoms with Gasteiger partial charge in [-0.1, -0.05) is 11.8 Å². The molecule has 0 saturated heterocycles. The number of nitrogens with zero attached hydrogens (tertiary/aromatic N) is 2. The molecule has 8 nitrogen and oxygen atoms in total. The second kappa shape index (κ2) is 9.84. The molecule has 0 atom stereocenters. The van der Waals surface area contributed by atoms with Gasteiger partial charge in [-0.2, -0.15) is 13.2 Å². The predicted molar refractivity (Wildman–Crippen MR) is 121 cm³/mol. The zero-order valence-electron chi connectivity index (χ0n) is 18.8. The van der Waals surface area contributed by atoms with Crippen LogP contribution in [0.4, 0.5) is 29.3 Å². The molecule has 1 aromatic carbocycles. The molecule has 0 aliphatic rings. The predicted octanol–water partition coefficient (Wildman–Crippen LogP) is 5.92. The average Bonchev–Trinajstić information content (AvgIpc) is 3.34. The summed E-state index contributed by atoms with van der Waals surface area (Å²) < 4.78 is 52.2. The number of benzene rings is 1. The van der Waals surface area contributed by atoms with E-state index in [1.165, 1.54) is 17.8 Å². The van der Waals surface area contributed by atoms with Gasteiger partial charge in [0.1, 0.15) is 11.4 Å². The highest BCUT2D eigenvalue weighted by atomic mass is 32.2. The van der Waals surface area contributed by atoms with E-state index in [0.717, 1.165) is 23.4 Å². The number of furan rings is 1. The third-order valence-corrected chi connectivity index (χ3v) is 5.32. The maximum Gasteiger partial charge on any atom is 0.416 e. The Labute approximate surface area is 197 Å². The lowest BCUT2D eigenvalue weighted by atomic mass is 10.1. The number of aromatic nitrogens is 2. The molecule has 2 heterocycles. The van der Waals surface area contributed by atoms with Crippen molar-refractivity contribution < 1.29 is 31.9 Å². The normalized spacial score (nSPS) is 11.9. The largest absolute Gasteiger partial charge is 0.455 e. The topological polar surface area (TPSA) is 98.4 Å². The summed E-state index contributed by atoms with van der Waals surface area (Å²) in [5.41, 5.74) is -2.14. The summed E-state index contributed by atoms with van der Waals surface area (Å²) in [5.74, 6) is -0.00202. The molecule has 0 unspecified atom stereocenters. The number of alkyl halides is 3. The number of anilines is 2. The van der Waals surface area contributed by atoms with Crippen LogP contribution in [0.5, 0.6) is 0 Å². The van der Waals surface area contributed by atoms with Crippen LogP contribution in [0.25, 0.3) is 0 Å². The van der Waals surface area contributed by atoms with Crippen molar-refractivity contribution in [1.82, 2.24) is 9.55 Å². The molecule has 2 N–H and O–H groups in total. The molecule has 0 saturated carbocycles. The number of hydrogen-bond acceptors (Lipinski definition) is 6. The molecule has 0 spiro atoms. The molecule has 0 aliphatic carbocycles. The van der Waals surface area contributed by atoms with Gasteiger partial charge in [-0.25, -0.2) is 9.78 Å². The van der Waals surface area contributed by atoms with E-state index in [-0.39, 0.29) is 17.1 Å². The van der Waals surface area contributed by atoms with E-state index in [9.17, 15) is 22.8 Å². The number of halogens is 3. The van der Waals surface area contributed by atoms with Crippen LogP contribution in [0.3, 0.4) is 0 Å². The second-order valence-electron chi connectivity index (χ2n) is 8.21. The highest BCUT2D eigenvalue weighted by Crippen LogP contribution is 2.34. The Morgan fingerprint density at radius 1 is 1.12 bits per heavy atom. The number of amides is 2. The molecule has 182 valence electrons. The number of rotatable bonds is 6. The minimum atomic E-state index is -4.65. The van der Waals surface area contributed by atoms with Crippen LogP contribution in [0, 0.1) is 0 Å². The molecule has 12 heteroatoms. The lowest BCUT2D eigenvalue weighted by Gasteiger charge is -2.21. The van der Waals surface area contributed by atoms with E-state index in [4.69, 9.17) is 9.15 Å². The minimum Gasteiger partial charge on any atom is -0.455 e. The molecule has 3 rings (SSSR count). The third kappa shape index (κ3) is 6.80. The zero-order valence-corrected chi connectivity index (χ0v) is 19.6. The fourth-order valence-electron chi connectivity index (χ4n) is 2.73. The summed E-state index contributed by atoms with van der Waals surface area (Å²) in [5, 5.41) is 5.49. The third-order valence-electron chi connectivity index (χ3n) is 4.24. The van der Waals surface area contributed by atoms with Gasteiger partial charge in [0.25, 0.3) is 5.91 Å². The van der Waals surface area contributed by atoms with E-state index in [1.807, 2.05) is 11.6 Å². The molecule has 2 aromatic heterocycles. The molecule has 0 fully saturated rings. The number of ether oxygens (including phenoxy) is 1. The average molecular weight is 497 g/mol. The van der Waals surface area contributed by atoms with Crippen molar-refractivity contribution >= 4 is 35.1 Å². The first-order valence-corrected chi connectivity index (χ1v) is 11.0. The number of carbonyl (C=O) groups is 2. The summed E-state index contributed by atoms with van der Waals surface area (Å²) in [6, 6.07) is 5.57. The monoisotopic (exact) mass is 496 g/mol. The summed E-state index contributed by atoms with van der Waals surface area (Å²) in [6.07, 6.45) is -2.08. The fourth-order valence-corrected chi connectivity index (χ4v) is 3.56. The minimum absolute atomic E-state index is 0.0623. The Balaban J connectivity index is 1.77. The SMILES string of the molecule is Cn1ccnc1SCc1ccc(C(=O)Nc2cc(C(F)(F)F)ccc2NC(=O)OC(C)(C)C)o1. The molecular formula is C22H23F3N4O4S.